The predicted octanol–water partition coefficient (Wildman–Crippen LogP) is 3.31. The number of hydrogen-bond acceptors (Lipinski definition) is 3. The summed E-state index contributed by atoms with van der Waals surface area (Å²) in [5, 5.41) is 8.38. The summed E-state index contributed by atoms with van der Waals surface area (Å²) in [5.74, 6) is 0. The molecule has 0 aromatic carbocycles. The summed E-state index contributed by atoms with van der Waals surface area (Å²) in [4.78, 5) is 0. The molecule has 0 aliphatic rings. The summed E-state index contributed by atoms with van der Waals surface area (Å²) in [6.45, 7) is 4.04. The van der Waals surface area contributed by atoms with Crippen molar-refractivity contribution in [3.63, 3.8) is 0 Å². The lowest BCUT2D eigenvalue weighted by Gasteiger charge is -2.01. The first kappa shape index (κ1) is 16.2. The van der Waals surface area contributed by atoms with Crippen molar-refractivity contribution in [3.05, 3.63) is 11.9 Å². The van der Waals surface area contributed by atoms with Crippen molar-refractivity contribution in [2.24, 2.45) is 5.73 Å². The molecule has 0 bridgehead atoms. The summed E-state index contributed by atoms with van der Waals surface area (Å²) in [6, 6.07) is 0. The molecule has 0 saturated heterocycles. The van der Waals surface area contributed by atoms with Crippen molar-refractivity contribution < 1.29 is 0 Å². The minimum absolute atomic E-state index is 0.770. The maximum Gasteiger partial charge on any atom is 0.0827 e. The molecule has 110 valence electrons. The number of rotatable bonds is 12. The molecule has 1 aromatic rings. The van der Waals surface area contributed by atoms with Crippen LogP contribution in [0, 0.1) is 0 Å². The Morgan fingerprint density at radius 1 is 1.00 bits per heavy atom. The third kappa shape index (κ3) is 7.98. The fourth-order valence-corrected chi connectivity index (χ4v) is 2.24. The highest BCUT2D eigenvalue weighted by Crippen LogP contribution is 2.08. The maximum absolute atomic E-state index is 5.48. The van der Waals surface area contributed by atoms with Crippen molar-refractivity contribution in [2.75, 3.05) is 6.54 Å². The molecule has 0 atom stereocenters. The first-order valence-electron chi connectivity index (χ1n) is 7.96. The van der Waals surface area contributed by atoms with E-state index in [4.69, 9.17) is 5.73 Å². The van der Waals surface area contributed by atoms with E-state index in [9.17, 15) is 0 Å². The summed E-state index contributed by atoms with van der Waals surface area (Å²) in [7, 11) is 0. The molecule has 0 saturated carbocycles. The van der Waals surface area contributed by atoms with Gasteiger partial charge in [0.25, 0.3) is 0 Å². The topological polar surface area (TPSA) is 56.7 Å². The van der Waals surface area contributed by atoms with Crippen molar-refractivity contribution in [1.82, 2.24) is 15.0 Å². The molecule has 19 heavy (non-hydrogen) atoms. The number of aryl methyl sites for hydroxylation is 2. The van der Waals surface area contributed by atoms with Crippen molar-refractivity contribution in [2.45, 2.75) is 77.7 Å². The minimum atomic E-state index is 0.770. The van der Waals surface area contributed by atoms with Crippen LogP contribution < -0.4 is 5.73 Å². The number of aromatic nitrogens is 3. The number of hydrogen-bond donors (Lipinski definition) is 1. The van der Waals surface area contributed by atoms with Crippen LogP contribution in [-0.2, 0) is 13.0 Å². The molecule has 0 fully saturated rings. The largest absolute Gasteiger partial charge is 0.330 e. The molecule has 1 rings (SSSR count). The molecule has 0 aliphatic heterocycles. The normalized spacial score (nSPS) is 11.1. The molecule has 0 radical (unpaired) electrons. The summed E-state index contributed by atoms with van der Waals surface area (Å²) >= 11 is 0. The SMILES string of the molecule is CCCCCCCCCn1cc(CCCCN)nn1. The highest BCUT2D eigenvalue weighted by atomic mass is 15.4. The van der Waals surface area contributed by atoms with Gasteiger partial charge in [0, 0.05) is 12.7 Å². The first-order chi connectivity index (χ1) is 9.36. The average Bonchev–Trinajstić information content (AvgIpc) is 2.86. The Morgan fingerprint density at radius 2 is 1.74 bits per heavy atom. The molecule has 2 N–H and O–H groups in total. The Balaban J connectivity index is 2.03. The Labute approximate surface area is 117 Å². The van der Waals surface area contributed by atoms with E-state index in [0.717, 1.165) is 38.0 Å². The van der Waals surface area contributed by atoms with E-state index in [-0.39, 0.29) is 0 Å². The van der Waals surface area contributed by atoms with Crippen LogP contribution in [0.1, 0.15) is 70.4 Å². The zero-order chi connectivity index (χ0) is 13.8. The third-order valence-electron chi connectivity index (χ3n) is 3.46. The predicted molar refractivity (Wildman–Crippen MR) is 80.0 cm³/mol. The lowest BCUT2D eigenvalue weighted by Crippen LogP contribution is -1.99. The fourth-order valence-electron chi connectivity index (χ4n) is 2.24. The van der Waals surface area contributed by atoms with Crippen molar-refractivity contribution in [3.8, 4) is 0 Å². The monoisotopic (exact) mass is 266 g/mol. The molecule has 1 heterocycles. The lowest BCUT2D eigenvalue weighted by atomic mass is 10.1. The summed E-state index contributed by atoms with van der Waals surface area (Å²) in [5.41, 5.74) is 6.59. The van der Waals surface area contributed by atoms with E-state index in [2.05, 4.69) is 23.4 Å². The Kier molecular flexibility index (Phi) is 9.33. The van der Waals surface area contributed by atoms with Gasteiger partial charge in [0.05, 0.1) is 5.69 Å². The van der Waals surface area contributed by atoms with Crippen LogP contribution in [0.3, 0.4) is 0 Å². The Bertz CT molecular complexity index is 309. The number of unbranched alkanes of at least 4 members (excludes halogenated alkanes) is 7. The van der Waals surface area contributed by atoms with Crippen LogP contribution in [0.4, 0.5) is 0 Å². The van der Waals surface area contributed by atoms with Gasteiger partial charge < -0.3 is 5.73 Å². The molecule has 0 unspecified atom stereocenters. The maximum atomic E-state index is 5.48. The summed E-state index contributed by atoms with van der Waals surface area (Å²) in [6.07, 6.45) is 14.7. The quantitative estimate of drug-likeness (QED) is 0.590. The zero-order valence-electron chi connectivity index (χ0n) is 12.5. The third-order valence-corrected chi connectivity index (χ3v) is 3.46. The highest BCUT2D eigenvalue weighted by Gasteiger charge is 2.00. The van der Waals surface area contributed by atoms with Crippen LogP contribution in [-0.4, -0.2) is 21.5 Å². The van der Waals surface area contributed by atoms with Gasteiger partial charge in [0.1, 0.15) is 0 Å². The van der Waals surface area contributed by atoms with Gasteiger partial charge >= 0.3 is 0 Å². The van der Waals surface area contributed by atoms with Gasteiger partial charge in [0.2, 0.25) is 0 Å². The van der Waals surface area contributed by atoms with Crippen LogP contribution in [0.5, 0.6) is 0 Å². The van der Waals surface area contributed by atoms with Crippen LogP contribution >= 0.6 is 0 Å². The van der Waals surface area contributed by atoms with E-state index in [1.807, 2.05) is 4.68 Å². The molecule has 4 heteroatoms. The molecule has 4 nitrogen and oxygen atoms in total. The minimum Gasteiger partial charge on any atom is -0.330 e. The average molecular weight is 266 g/mol. The van der Waals surface area contributed by atoms with Crippen LogP contribution in [0.15, 0.2) is 6.20 Å². The second-order valence-electron chi connectivity index (χ2n) is 5.34. The van der Waals surface area contributed by atoms with Gasteiger partial charge in [-0.3, -0.25) is 4.68 Å². The molecule has 0 amide bonds. The van der Waals surface area contributed by atoms with E-state index in [1.54, 1.807) is 0 Å². The summed E-state index contributed by atoms with van der Waals surface area (Å²) < 4.78 is 1.99. The van der Waals surface area contributed by atoms with Gasteiger partial charge in [-0.25, -0.2) is 0 Å². The molecular weight excluding hydrogens is 236 g/mol. The van der Waals surface area contributed by atoms with Gasteiger partial charge in [0.15, 0.2) is 0 Å². The van der Waals surface area contributed by atoms with Gasteiger partial charge in [-0.2, -0.15) is 0 Å². The van der Waals surface area contributed by atoms with E-state index in [1.165, 1.54) is 44.9 Å². The second kappa shape index (κ2) is 11.0. The van der Waals surface area contributed by atoms with E-state index in [0.29, 0.717) is 0 Å². The van der Waals surface area contributed by atoms with Crippen LogP contribution in [0.2, 0.25) is 0 Å². The standard InChI is InChI=1S/C15H30N4/c1-2-3-4-5-6-7-10-13-19-14-15(17-18-19)11-8-9-12-16/h14H,2-13,16H2,1H3. The molecule has 1 aromatic heterocycles. The van der Waals surface area contributed by atoms with Crippen LogP contribution in [0.25, 0.3) is 0 Å². The molecular formula is C15H30N4. The smallest absolute Gasteiger partial charge is 0.0827 e. The second-order valence-corrected chi connectivity index (χ2v) is 5.34. The molecule has 0 aliphatic carbocycles. The fraction of sp³-hybridized carbons (Fsp3) is 0.867. The number of nitrogens with two attached hydrogens (primary N) is 1. The van der Waals surface area contributed by atoms with E-state index >= 15 is 0 Å². The van der Waals surface area contributed by atoms with Gasteiger partial charge in [-0.05, 0) is 32.2 Å². The highest BCUT2D eigenvalue weighted by molar-refractivity contribution is 4.92. The van der Waals surface area contributed by atoms with Gasteiger partial charge in [-0.15, -0.1) is 5.10 Å². The van der Waals surface area contributed by atoms with Crippen molar-refractivity contribution in [1.29, 1.82) is 0 Å². The lowest BCUT2D eigenvalue weighted by molar-refractivity contribution is 0.513. The van der Waals surface area contributed by atoms with Gasteiger partial charge in [-0.1, -0.05) is 50.7 Å². The molecule has 0 spiro atoms. The first-order valence-corrected chi connectivity index (χ1v) is 7.96. The Hall–Kier alpha value is -0.900. The van der Waals surface area contributed by atoms with Crippen molar-refractivity contribution >= 4 is 0 Å². The zero-order valence-corrected chi connectivity index (χ0v) is 12.5. The van der Waals surface area contributed by atoms with E-state index < -0.39 is 0 Å². The number of nitrogens with zero attached hydrogens (tertiary/aromatic N) is 3. The Morgan fingerprint density at radius 3 is 2.47 bits per heavy atom.